The number of benzene rings is 1. The van der Waals surface area contributed by atoms with Crippen LogP contribution in [-0.2, 0) is 35.7 Å². The topological polar surface area (TPSA) is 75.3 Å². The maximum Gasteiger partial charge on any atom is 0.333 e. The number of likely N-dealkylation sites (N-methyl/N-ethyl adjacent to an activating group) is 1. The normalized spacial score (nSPS) is 23.6. The van der Waals surface area contributed by atoms with E-state index in [-0.39, 0.29) is 22.5 Å². The highest BCUT2D eigenvalue weighted by atomic mass is 79.9. The van der Waals surface area contributed by atoms with Gasteiger partial charge in [0.1, 0.15) is 5.54 Å². The van der Waals surface area contributed by atoms with Gasteiger partial charge in [-0.2, -0.15) is 0 Å². The Kier molecular flexibility index (Phi) is 7.47. The first-order valence-electron chi connectivity index (χ1n) is 11.8. The molecule has 4 rings (SSSR count). The number of anilines is 1. The molecule has 0 spiro atoms. The molecule has 32 heavy (non-hydrogen) atoms. The third-order valence-corrected chi connectivity index (χ3v) is 9.08. The molecule has 0 saturated carbocycles. The number of likely N-dealkylation sites (tertiary alicyclic amines) is 1. The number of hydrogen-bond donors (Lipinski definition) is 2. The van der Waals surface area contributed by atoms with Crippen LogP contribution in [0.25, 0.3) is 0 Å². The molecule has 3 aliphatic rings. The zero-order valence-electron chi connectivity index (χ0n) is 19.5. The molecule has 0 radical (unpaired) electrons. The highest BCUT2D eigenvalue weighted by molar-refractivity contribution is 7.92. The minimum absolute atomic E-state index is 0. The molecular weight excluding hydrogens is 490 g/mol. The van der Waals surface area contributed by atoms with Gasteiger partial charge in [-0.1, -0.05) is 6.07 Å². The van der Waals surface area contributed by atoms with Crippen LogP contribution in [0.4, 0.5) is 10.5 Å². The first kappa shape index (κ1) is 25.2. The van der Waals surface area contributed by atoms with Gasteiger partial charge in [-0.25, -0.2) is 17.9 Å². The molecule has 1 heterocycles. The second-order valence-corrected chi connectivity index (χ2v) is 11.2. The molecule has 1 saturated heterocycles. The molecular formula is C24H36BrN3O3S. The molecule has 2 aliphatic carbocycles. The van der Waals surface area contributed by atoms with E-state index in [0.29, 0.717) is 0 Å². The Morgan fingerprint density at radius 2 is 1.66 bits per heavy atom. The molecule has 1 fully saturated rings. The van der Waals surface area contributed by atoms with E-state index in [0.717, 1.165) is 81.2 Å². The second kappa shape index (κ2) is 9.47. The fourth-order valence-electron chi connectivity index (χ4n) is 6.24. The number of carbonyl (C=O) groups excluding carboxylic acids is 1. The number of carbonyl (C=O) groups is 1. The van der Waals surface area contributed by atoms with Crippen LogP contribution in [0.2, 0.25) is 0 Å². The van der Waals surface area contributed by atoms with Gasteiger partial charge in [0, 0.05) is 18.5 Å². The van der Waals surface area contributed by atoms with Crippen LogP contribution in [0.3, 0.4) is 0 Å². The zero-order valence-corrected chi connectivity index (χ0v) is 21.9. The zero-order chi connectivity index (χ0) is 22.3. The first-order valence-corrected chi connectivity index (χ1v) is 13.3. The summed E-state index contributed by atoms with van der Waals surface area (Å²) < 4.78 is 28.5. The lowest BCUT2D eigenvalue weighted by atomic mass is 9.96. The van der Waals surface area contributed by atoms with E-state index in [1.165, 1.54) is 27.7 Å². The van der Waals surface area contributed by atoms with Crippen LogP contribution >= 0.6 is 0 Å². The molecule has 1 aromatic rings. The van der Waals surface area contributed by atoms with E-state index < -0.39 is 16.1 Å². The fourth-order valence-corrected chi connectivity index (χ4v) is 7.09. The minimum atomic E-state index is -3.87. The van der Waals surface area contributed by atoms with Crippen molar-refractivity contribution in [2.75, 3.05) is 25.0 Å². The fraction of sp³-hybridized carbons (Fsp3) is 0.625. The summed E-state index contributed by atoms with van der Waals surface area (Å²) in [5, 5.41) is 4.11. The van der Waals surface area contributed by atoms with Crippen molar-refractivity contribution in [1.82, 2.24) is 4.72 Å². The van der Waals surface area contributed by atoms with Crippen LogP contribution in [0.1, 0.15) is 68.7 Å². The number of nitrogens with zero attached hydrogens (tertiary/aromatic N) is 1. The molecule has 2 amide bonds. The SMILES string of the molecule is CC[N+]1(CC)CCCC1(C)C=CS(=O)(=O)NC(=O)Nc1c2c(cc3c1CCC3)CCC2.[Br-]. The van der Waals surface area contributed by atoms with E-state index >= 15 is 0 Å². The number of rotatable bonds is 6. The summed E-state index contributed by atoms with van der Waals surface area (Å²) in [6.45, 7) is 9.46. The van der Waals surface area contributed by atoms with Gasteiger partial charge in [-0.15, -0.1) is 0 Å². The van der Waals surface area contributed by atoms with Crippen molar-refractivity contribution in [3.05, 3.63) is 39.8 Å². The van der Waals surface area contributed by atoms with Crippen molar-refractivity contribution in [2.45, 2.75) is 77.7 Å². The number of aryl methyl sites for hydroxylation is 2. The summed E-state index contributed by atoms with van der Waals surface area (Å²) >= 11 is 0. The first-order chi connectivity index (χ1) is 14.7. The molecule has 178 valence electrons. The van der Waals surface area contributed by atoms with Crippen molar-refractivity contribution >= 4 is 21.7 Å². The summed E-state index contributed by atoms with van der Waals surface area (Å²) in [6.07, 6.45) is 9.97. The van der Waals surface area contributed by atoms with Crippen LogP contribution < -0.4 is 27.0 Å². The van der Waals surface area contributed by atoms with Gasteiger partial charge >= 0.3 is 6.03 Å². The summed E-state index contributed by atoms with van der Waals surface area (Å²) in [5.74, 6) is 0. The second-order valence-electron chi connectivity index (χ2n) is 9.60. The highest BCUT2D eigenvalue weighted by Gasteiger charge is 2.47. The molecule has 6 nitrogen and oxygen atoms in total. The molecule has 8 heteroatoms. The van der Waals surface area contributed by atoms with Gasteiger partial charge in [0.05, 0.1) is 25.0 Å². The van der Waals surface area contributed by atoms with Gasteiger partial charge in [0.2, 0.25) is 0 Å². The number of sulfonamides is 1. The number of hydrogen-bond acceptors (Lipinski definition) is 3. The van der Waals surface area contributed by atoms with Gasteiger partial charge in [0.15, 0.2) is 0 Å². The number of urea groups is 1. The maximum atomic E-state index is 12.7. The standard InChI is InChI=1S/C24H35N3O3S.BrH/c1-4-27(5-2)15-8-13-24(27,3)14-16-31(29,30)26-23(28)25-22-20-11-6-9-18(20)17-19-10-7-12-21(19)22;/h14,16-17H,4-13,15H2,1-3H3,(H-,25,26,28);1H. The van der Waals surface area contributed by atoms with E-state index in [2.05, 4.69) is 36.9 Å². The van der Waals surface area contributed by atoms with E-state index in [1.807, 2.05) is 0 Å². The molecule has 1 atom stereocenters. The Bertz CT molecular complexity index is 986. The van der Waals surface area contributed by atoms with Gasteiger partial charge < -0.3 is 26.8 Å². The monoisotopic (exact) mass is 525 g/mol. The van der Waals surface area contributed by atoms with Gasteiger partial charge in [-0.3, -0.25) is 0 Å². The van der Waals surface area contributed by atoms with E-state index in [4.69, 9.17) is 0 Å². The van der Waals surface area contributed by atoms with Crippen LogP contribution in [0.15, 0.2) is 17.6 Å². The Balaban J connectivity index is 0.00000289. The number of halogens is 1. The average molecular weight is 527 g/mol. The smallest absolute Gasteiger partial charge is 0.333 e. The third kappa shape index (κ3) is 4.50. The predicted molar refractivity (Wildman–Crippen MR) is 125 cm³/mol. The van der Waals surface area contributed by atoms with Crippen LogP contribution in [0, 0.1) is 0 Å². The Hall–Kier alpha value is -1.38. The molecule has 0 aromatic heterocycles. The lowest BCUT2D eigenvalue weighted by Gasteiger charge is -2.44. The van der Waals surface area contributed by atoms with Crippen LogP contribution in [-0.4, -0.2) is 44.1 Å². The lowest BCUT2D eigenvalue weighted by Crippen LogP contribution is -3.00. The average Bonchev–Trinajstić information content (AvgIpc) is 3.45. The largest absolute Gasteiger partial charge is 1.00 e. The summed E-state index contributed by atoms with van der Waals surface area (Å²) in [4.78, 5) is 12.7. The lowest BCUT2D eigenvalue weighted by molar-refractivity contribution is -0.952. The van der Waals surface area contributed by atoms with Crippen molar-refractivity contribution in [1.29, 1.82) is 0 Å². The van der Waals surface area contributed by atoms with Crippen molar-refractivity contribution in [2.24, 2.45) is 0 Å². The summed E-state index contributed by atoms with van der Waals surface area (Å²) in [5.41, 5.74) is 5.62. The van der Waals surface area contributed by atoms with Gasteiger partial charge in [0.25, 0.3) is 10.0 Å². The van der Waals surface area contributed by atoms with Crippen molar-refractivity contribution < 1.29 is 34.7 Å². The summed E-state index contributed by atoms with van der Waals surface area (Å²) in [6, 6.07) is 1.63. The number of nitrogens with one attached hydrogen (secondary N) is 2. The number of quaternary nitrogens is 1. The quantitative estimate of drug-likeness (QED) is 0.545. The van der Waals surface area contributed by atoms with E-state index in [1.54, 1.807) is 6.08 Å². The molecule has 2 N–H and O–H groups in total. The van der Waals surface area contributed by atoms with Crippen molar-refractivity contribution in [3.8, 4) is 0 Å². The Labute approximate surface area is 203 Å². The molecule has 1 aliphatic heterocycles. The van der Waals surface area contributed by atoms with Crippen molar-refractivity contribution in [3.63, 3.8) is 0 Å². The van der Waals surface area contributed by atoms with Gasteiger partial charge in [-0.05, 0) is 87.6 Å². The Morgan fingerprint density at radius 1 is 1.06 bits per heavy atom. The minimum Gasteiger partial charge on any atom is -1.00 e. The maximum absolute atomic E-state index is 12.7. The summed E-state index contributed by atoms with van der Waals surface area (Å²) in [7, 11) is -3.87. The molecule has 1 unspecified atom stereocenters. The molecule has 1 aromatic carbocycles. The number of fused-ring (bicyclic) bond motifs is 2. The Morgan fingerprint density at radius 3 is 2.22 bits per heavy atom. The van der Waals surface area contributed by atoms with Crippen LogP contribution in [0.5, 0.6) is 0 Å². The number of amides is 2. The third-order valence-electron chi connectivity index (χ3n) is 8.12. The highest BCUT2D eigenvalue weighted by Crippen LogP contribution is 2.39. The predicted octanol–water partition coefficient (Wildman–Crippen LogP) is 1.04. The molecule has 0 bridgehead atoms. The van der Waals surface area contributed by atoms with E-state index in [9.17, 15) is 13.2 Å².